The van der Waals surface area contributed by atoms with Gasteiger partial charge < -0.3 is 15.0 Å². The summed E-state index contributed by atoms with van der Waals surface area (Å²) in [5.74, 6) is 0.524. The molecule has 1 saturated heterocycles. The van der Waals surface area contributed by atoms with Crippen molar-refractivity contribution in [3.05, 3.63) is 53.9 Å². The van der Waals surface area contributed by atoms with Crippen molar-refractivity contribution >= 4 is 11.9 Å². The van der Waals surface area contributed by atoms with E-state index in [1.54, 1.807) is 12.4 Å². The molecule has 1 aliphatic rings. The lowest BCUT2D eigenvalue weighted by molar-refractivity contribution is 0.0952. The van der Waals surface area contributed by atoms with Gasteiger partial charge in [-0.2, -0.15) is 0 Å². The highest BCUT2D eigenvalue weighted by Crippen LogP contribution is 2.09. The smallest absolute Gasteiger partial charge is 0.254 e. The third-order valence-corrected chi connectivity index (χ3v) is 3.96. The van der Waals surface area contributed by atoms with Gasteiger partial charge in [-0.05, 0) is 18.4 Å². The van der Waals surface area contributed by atoms with Crippen molar-refractivity contribution in [3.8, 4) is 0 Å². The molecule has 0 unspecified atom stereocenters. The summed E-state index contributed by atoms with van der Waals surface area (Å²) >= 11 is 0. The van der Waals surface area contributed by atoms with Crippen LogP contribution in [0.4, 0.5) is 5.95 Å². The van der Waals surface area contributed by atoms with E-state index in [0.717, 1.165) is 25.9 Å². The highest BCUT2D eigenvalue weighted by molar-refractivity contribution is 5.93. The molecule has 0 saturated carbocycles. The summed E-state index contributed by atoms with van der Waals surface area (Å²) in [4.78, 5) is 22.8. The van der Waals surface area contributed by atoms with Crippen LogP contribution in [0.5, 0.6) is 0 Å². The van der Waals surface area contributed by atoms with Gasteiger partial charge in [-0.25, -0.2) is 9.97 Å². The van der Waals surface area contributed by atoms with Crippen LogP contribution < -0.4 is 10.2 Å². The maximum absolute atomic E-state index is 12.1. The van der Waals surface area contributed by atoms with Gasteiger partial charge in [0.2, 0.25) is 5.95 Å². The summed E-state index contributed by atoms with van der Waals surface area (Å²) in [5, 5.41) is 2.92. The van der Waals surface area contributed by atoms with Gasteiger partial charge in [0.1, 0.15) is 0 Å². The number of carbonyl (C=O) groups is 1. The standard InChI is InChI=1S/C18H22N4O2/c23-17(19-8-4-7-15-5-2-1-3-6-15)16-13-20-18(21-14-16)22-9-11-24-12-10-22/h1-3,5-6,13-14H,4,7-12H2,(H,19,23). The number of amides is 1. The topological polar surface area (TPSA) is 67.4 Å². The number of anilines is 1. The molecule has 0 bridgehead atoms. The molecule has 24 heavy (non-hydrogen) atoms. The van der Waals surface area contributed by atoms with Gasteiger partial charge in [0, 0.05) is 32.0 Å². The van der Waals surface area contributed by atoms with E-state index in [2.05, 4.69) is 32.3 Å². The first-order valence-electron chi connectivity index (χ1n) is 8.30. The first-order valence-corrected chi connectivity index (χ1v) is 8.30. The van der Waals surface area contributed by atoms with Gasteiger partial charge in [-0.1, -0.05) is 30.3 Å². The molecule has 126 valence electrons. The van der Waals surface area contributed by atoms with Gasteiger partial charge >= 0.3 is 0 Å². The van der Waals surface area contributed by atoms with Crippen LogP contribution in [0.2, 0.25) is 0 Å². The van der Waals surface area contributed by atoms with Crippen molar-refractivity contribution < 1.29 is 9.53 Å². The summed E-state index contributed by atoms with van der Waals surface area (Å²) in [6.45, 7) is 3.58. The Morgan fingerprint density at radius 1 is 1.12 bits per heavy atom. The molecule has 2 heterocycles. The maximum atomic E-state index is 12.1. The SMILES string of the molecule is O=C(NCCCc1ccccc1)c1cnc(N2CCOCC2)nc1. The number of ether oxygens (including phenoxy) is 1. The summed E-state index contributed by atoms with van der Waals surface area (Å²) in [5.41, 5.74) is 1.77. The molecule has 1 aromatic heterocycles. The van der Waals surface area contributed by atoms with Crippen molar-refractivity contribution in [2.24, 2.45) is 0 Å². The normalized spacial score (nSPS) is 14.4. The lowest BCUT2D eigenvalue weighted by atomic mass is 10.1. The number of morpholine rings is 1. The molecule has 0 aliphatic carbocycles. The lowest BCUT2D eigenvalue weighted by Crippen LogP contribution is -2.37. The second kappa shape index (κ2) is 8.40. The number of rotatable bonds is 6. The second-order valence-electron chi connectivity index (χ2n) is 5.72. The minimum atomic E-state index is -0.128. The van der Waals surface area contributed by atoms with Crippen molar-refractivity contribution in [3.63, 3.8) is 0 Å². The molecule has 0 atom stereocenters. The van der Waals surface area contributed by atoms with Crippen LogP contribution in [0.25, 0.3) is 0 Å². The van der Waals surface area contributed by atoms with E-state index in [9.17, 15) is 4.79 Å². The summed E-state index contributed by atoms with van der Waals surface area (Å²) in [7, 11) is 0. The first-order chi connectivity index (χ1) is 11.8. The molecule has 1 amide bonds. The van der Waals surface area contributed by atoms with E-state index in [0.29, 0.717) is 31.3 Å². The second-order valence-corrected chi connectivity index (χ2v) is 5.72. The highest BCUT2D eigenvalue weighted by Gasteiger charge is 2.14. The van der Waals surface area contributed by atoms with E-state index >= 15 is 0 Å². The van der Waals surface area contributed by atoms with Crippen LogP contribution in [0.15, 0.2) is 42.7 Å². The summed E-state index contributed by atoms with van der Waals surface area (Å²) in [6.07, 6.45) is 5.03. The molecular formula is C18H22N4O2. The zero-order valence-corrected chi connectivity index (χ0v) is 13.6. The van der Waals surface area contributed by atoms with Crippen LogP contribution in [-0.4, -0.2) is 48.7 Å². The molecule has 1 fully saturated rings. The van der Waals surface area contributed by atoms with Gasteiger partial charge in [0.25, 0.3) is 5.91 Å². The van der Waals surface area contributed by atoms with Gasteiger partial charge in [0.05, 0.1) is 18.8 Å². The van der Waals surface area contributed by atoms with Crippen LogP contribution in [0.1, 0.15) is 22.3 Å². The zero-order chi connectivity index (χ0) is 16.6. The Morgan fingerprint density at radius 3 is 2.54 bits per heavy atom. The lowest BCUT2D eigenvalue weighted by Gasteiger charge is -2.26. The molecule has 1 N–H and O–H groups in total. The molecular weight excluding hydrogens is 304 g/mol. The van der Waals surface area contributed by atoms with E-state index in [1.807, 2.05) is 18.2 Å². The summed E-state index contributed by atoms with van der Waals surface area (Å²) in [6, 6.07) is 10.3. The minimum Gasteiger partial charge on any atom is -0.378 e. The number of aromatic nitrogens is 2. The van der Waals surface area contributed by atoms with E-state index in [4.69, 9.17) is 4.74 Å². The molecule has 6 heteroatoms. The zero-order valence-electron chi connectivity index (χ0n) is 13.6. The first kappa shape index (κ1) is 16.4. The number of nitrogens with one attached hydrogen (secondary N) is 1. The van der Waals surface area contributed by atoms with Crippen LogP contribution in [0, 0.1) is 0 Å². The van der Waals surface area contributed by atoms with Crippen molar-refractivity contribution in [2.75, 3.05) is 37.7 Å². The molecule has 1 aliphatic heterocycles. The fourth-order valence-corrected chi connectivity index (χ4v) is 2.61. The van der Waals surface area contributed by atoms with Crippen LogP contribution >= 0.6 is 0 Å². The number of benzene rings is 1. The predicted molar refractivity (Wildman–Crippen MR) is 92.2 cm³/mol. The number of nitrogens with zero attached hydrogens (tertiary/aromatic N) is 3. The van der Waals surface area contributed by atoms with E-state index in [1.165, 1.54) is 5.56 Å². The van der Waals surface area contributed by atoms with Gasteiger partial charge in [-0.15, -0.1) is 0 Å². The fraction of sp³-hybridized carbons (Fsp3) is 0.389. The Labute approximate surface area is 141 Å². The number of aryl methyl sites for hydroxylation is 1. The Bertz CT molecular complexity index is 640. The van der Waals surface area contributed by atoms with Gasteiger partial charge in [-0.3, -0.25) is 4.79 Å². The predicted octanol–water partition coefficient (Wildman–Crippen LogP) is 1.68. The monoisotopic (exact) mass is 326 g/mol. The number of hydrogen-bond donors (Lipinski definition) is 1. The highest BCUT2D eigenvalue weighted by atomic mass is 16.5. The maximum Gasteiger partial charge on any atom is 0.254 e. The molecule has 0 radical (unpaired) electrons. The molecule has 1 aromatic carbocycles. The van der Waals surface area contributed by atoms with Crippen LogP contribution in [0.3, 0.4) is 0 Å². The number of carbonyl (C=O) groups excluding carboxylic acids is 1. The van der Waals surface area contributed by atoms with Crippen molar-refractivity contribution in [1.29, 1.82) is 0 Å². The molecule has 0 spiro atoms. The van der Waals surface area contributed by atoms with Crippen molar-refractivity contribution in [1.82, 2.24) is 15.3 Å². The Hall–Kier alpha value is -2.47. The largest absolute Gasteiger partial charge is 0.378 e. The van der Waals surface area contributed by atoms with E-state index in [-0.39, 0.29) is 5.91 Å². The average molecular weight is 326 g/mol. The quantitative estimate of drug-likeness (QED) is 0.818. The fourth-order valence-electron chi connectivity index (χ4n) is 2.61. The number of hydrogen-bond acceptors (Lipinski definition) is 5. The minimum absolute atomic E-state index is 0.128. The van der Waals surface area contributed by atoms with Crippen molar-refractivity contribution in [2.45, 2.75) is 12.8 Å². The third-order valence-electron chi connectivity index (χ3n) is 3.96. The Kier molecular flexibility index (Phi) is 5.74. The van der Waals surface area contributed by atoms with E-state index < -0.39 is 0 Å². The molecule has 6 nitrogen and oxygen atoms in total. The Balaban J connectivity index is 1.44. The third kappa shape index (κ3) is 4.52. The molecule has 3 rings (SSSR count). The Morgan fingerprint density at radius 2 is 1.83 bits per heavy atom. The van der Waals surface area contributed by atoms with Gasteiger partial charge in [0.15, 0.2) is 0 Å². The summed E-state index contributed by atoms with van der Waals surface area (Å²) < 4.78 is 5.31. The van der Waals surface area contributed by atoms with Crippen LogP contribution in [-0.2, 0) is 11.2 Å². The average Bonchev–Trinajstić information content (AvgIpc) is 2.67. The molecule has 2 aromatic rings.